The number of aromatic nitrogens is 4. The molecule has 0 spiro atoms. The molecule has 7 rings (SSSR count). The van der Waals surface area contributed by atoms with Crippen molar-refractivity contribution in [1.82, 2.24) is 24.8 Å². The summed E-state index contributed by atoms with van der Waals surface area (Å²) in [5.41, 5.74) is 3.15. The van der Waals surface area contributed by atoms with E-state index in [4.69, 9.17) is 4.98 Å². The Morgan fingerprint density at radius 3 is 2.48 bits per heavy atom. The molecule has 5 aromatic rings. The van der Waals surface area contributed by atoms with E-state index < -0.39 is 17.2 Å². The smallest absolute Gasteiger partial charge is 0.323 e. The third-order valence-corrected chi connectivity index (χ3v) is 8.23. The van der Waals surface area contributed by atoms with Crippen LogP contribution >= 0.6 is 0 Å². The van der Waals surface area contributed by atoms with Gasteiger partial charge in [0, 0.05) is 36.2 Å². The van der Waals surface area contributed by atoms with E-state index in [1.165, 1.54) is 12.4 Å². The average molecular weight is 542 g/mol. The summed E-state index contributed by atoms with van der Waals surface area (Å²) in [5.74, 6) is 0.900. The molecule has 2 aromatic heterocycles. The van der Waals surface area contributed by atoms with Crippen molar-refractivity contribution in [2.24, 2.45) is 11.3 Å². The maximum atomic E-state index is 13.5. The van der Waals surface area contributed by atoms with Gasteiger partial charge in [-0.25, -0.2) is 15.0 Å². The van der Waals surface area contributed by atoms with Gasteiger partial charge in [0.1, 0.15) is 17.9 Å². The van der Waals surface area contributed by atoms with Crippen LogP contribution in [0.1, 0.15) is 24.8 Å². The van der Waals surface area contributed by atoms with Gasteiger partial charge in [0.15, 0.2) is 0 Å². The summed E-state index contributed by atoms with van der Waals surface area (Å²) in [5, 5.41) is 4.28. The quantitative estimate of drug-likeness (QED) is 0.274. The zero-order valence-electron chi connectivity index (χ0n) is 21.6. The van der Waals surface area contributed by atoms with Crippen LogP contribution in [0.25, 0.3) is 44.5 Å². The van der Waals surface area contributed by atoms with Crippen LogP contribution in [-0.2, 0) is 17.5 Å². The molecule has 1 saturated carbocycles. The molecule has 1 aliphatic heterocycles. The van der Waals surface area contributed by atoms with Gasteiger partial charge in [-0.1, -0.05) is 30.3 Å². The van der Waals surface area contributed by atoms with E-state index in [1.807, 2.05) is 47.0 Å². The van der Waals surface area contributed by atoms with Crippen molar-refractivity contribution in [1.29, 1.82) is 0 Å². The van der Waals surface area contributed by atoms with Crippen LogP contribution in [0.15, 0.2) is 73.2 Å². The highest BCUT2D eigenvalue weighted by Crippen LogP contribution is 2.43. The number of imidazole rings is 1. The first kappa shape index (κ1) is 24.9. The number of carbonyl (C=O) groups excluding carboxylic acids is 1. The molecule has 3 aromatic carbocycles. The number of rotatable bonds is 6. The fraction of sp³-hybridized carbons (Fsp3) is 0.290. The second kappa shape index (κ2) is 9.23. The molecule has 1 aliphatic carbocycles. The molecular weight excluding hydrogens is 515 g/mol. The maximum absolute atomic E-state index is 13.5. The Balaban J connectivity index is 1.32. The van der Waals surface area contributed by atoms with Crippen molar-refractivity contribution in [2.45, 2.75) is 32.0 Å². The number of Topliss-reactive ketones (excluding diaryl/α,β-unsaturated/α-hetero) is 1. The van der Waals surface area contributed by atoms with Gasteiger partial charge >= 0.3 is 6.18 Å². The second-order valence-electron chi connectivity index (χ2n) is 10.9. The maximum Gasteiger partial charge on any atom is 0.416 e. The highest BCUT2D eigenvalue weighted by atomic mass is 19.4. The lowest BCUT2D eigenvalue weighted by molar-refractivity contribution is -0.137. The first-order chi connectivity index (χ1) is 19.3. The molecule has 1 atom stereocenters. The van der Waals surface area contributed by atoms with Crippen LogP contribution in [-0.4, -0.2) is 38.4 Å². The number of fused-ring (bicyclic) bond motifs is 2. The van der Waals surface area contributed by atoms with Gasteiger partial charge in [0.25, 0.3) is 0 Å². The summed E-state index contributed by atoms with van der Waals surface area (Å²) in [6, 6.07) is 17.5. The Kier molecular flexibility index (Phi) is 5.75. The minimum Gasteiger partial charge on any atom is -0.323 e. The third-order valence-electron chi connectivity index (χ3n) is 8.23. The molecule has 9 heteroatoms. The Hall–Kier alpha value is -4.11. The normalized spacial score (nSPS) is 19.5. The monoisotopic (exact) mass is 541 g/mol. The highest BCUT2D eigenvalue weighted by Gasteiger charge is 2.48. The zero-order chi connectivity index (χ0) is 27.5. The lowest BCUT2D eigenvalue weighted by atomic mass is 9.80. The SMILES string of the molecule is O=C(C1CC1)[C@@]1(Cn2c(-c3ccc(-c4ccc5ncncc5c4)cc3)nc3cc(C(F)(F)F)ccc32)CCNC1. The molecule has 1 saturated heterocycles. The van der Waals surface area contributed by atoms with Crippen LogP contribution in [0.5, 0.6) is 0 Å². The van der Waals surface area contributed by atoms with Crippen molar-refractivity contribution in [3.8, 4) is 22.5 Å². The van der Waals surface area contributed by atoms with E-state index in [9.17, 15) is 18.0 Å². The van der Waals surface area contributed by atoms with Crippen molar-refractivity contribution < 1.29 is 18.0 Å². The Labute approximate surface area is 228 Å². The fourth-order valence-corrected chi connectivity index (χ4v) is 5.91. The summed E-state index contributed by atoms with van der Waals surface area (Å²) < 4.78 is 42.6. The second-order valence-corrected chi connectivity index (χ2v) is 10.9. The fourth-order valence-electron chi connectivity index (χ4n) is 5.91. The highest BCUT2D eigenvalue weighted by molar-refractivity contribution is 5.90. The lowest BCUT2D eigenvalue weighted by Crippen LogP contribution is -2.39. The predicted octanol–water partition coefficient (Wildman–Crippen LogP) is 6.29. The molecule has 6 nitrogen and oxygen atoms in total. The topological polar surface area (TPSA) is 72.7 Å². The molecule has 2 aliphatic rings. The molecule has 40 heavy (non-hydrogen) atoms. The minimum absolute atomic E-state index is 0.0848. The Morgan fingerprint density at radius 2 is 1.75 bits per heavy atom. The number of hydrogen-bond donors (Lipinski definition) is 1. The number of hydrogen-bond acceptors (Lipinski definition) is 5. The van der Waals surface area contributed by atoms with E-state index >= 15 is 0 Å². The standard InChI is InChI=1S/C31H26F3N5O/c32-31(33,34)24-8-10-27-26(14-24)38-29(39(27)17-30(11-12-35-16-30)28(40)20-3-4-20)21-5-1-19(2-6-21)22-7-9-25-23(13-22)15-36-18-37-25/h1-2,5-10,13-15,18,20,35H,3-4,11-12,16-17H2/t30-/m0/s1. The number of alkyl halides is 3. The van der Waals surface area contributed by atoms with E-state index in [-0.39, 0.29) is 17.2 Å². The predicted molar refractivity (Wildman–Crippen MR) is 146 cm³/mol. The molecular formula is C31H26F3N5O. The number of nitrogens with zero attached hydrogens (tertiary/aromatic N) is 4. The van der Waals surface area contributed by atoms with Gasteiger partial charge in [-0.05, 0) is 67.3 Å². The molecule has 3 heterocycles. The minimum atomic E-state index is -4.47. The van der Waals surface area contributed by atoms with Gasteiger partial charge in [-0.2, -0.15) is 13.2 Å². The van der Waals surface area contributed by atoms with Crippen LogP contribution in [0, 0.1) is 11.3 Å². The molecule has 1 N–H and O–H groups in total. The summed E-state index contributed by atoms with van der Waals surface area (Å²) in [4.78, 5) is 26.6. The van der Waals surface area contributed by atoms with Gasteiger partial charge in [-0.3, -0.25) is 4.79 Å². The molecule has 0 radical (unpaired) electrons. The summed E-state index contributed by atoms with van der Waals surface area (Å²) in [7, 11) is 0. The Morgan fingerprint density at radius 1 is 0.975 bits per heavy atom. The average Bonchev–Trinajstić information content (AvgIpc) is 3.60. The molecule has 2 fully saturated rings. The number of benzene rings is 3. The van der Waals surface area contributed by atoms with Crippen molar-refractivity contribution in [2.75, 3.05) is 13.1 Å². The van der Waals surface area contributed by atoms with Crippen LogP contribution in [0.3, 0.4) is 0 Å². The van der Waals surface area contributed by atoms with Crippen LogP contribution < -0.4 is 5.32 Å². The number of nitrogens with one attached hydrogen (secondary N) is 1. The van der Waals surface area contributed by atoms with Crippen molar-refractivity contribution in [3.05, 3.63) is 78.8 Å². The number of carbonyl (C=O) groups is 1. The van der Waals surface area contributed by atoms with E-state index in [2.05, 4.69) is 15.3 Å². The summed E-state index contributed by atoms with van der Waals surface area (Å²) >= 11 is 0. The first-order valence-corrected chi connectivity index (χ1v) is 13.4. The van der Waals surface area contributed by atoms with Gasteiger partial charge in [-0.15, -0.1) is 0 Å². The molecule has 0 amide bonds. The number of halogens is 3. The Bertz CT molecular complexity index is 1750. The van der Waals surface area contributed by atoms with Gasteiger partial charge in [0.2, 0.25) is 0 Å². The van der Waals surface area contributed by atoms with Crippen molar-refractivity contribution in [3.63, 3.8) is 0 Å². The van der Waals surface area contributed by atoms with Crippen LogP contribution in [0.2, 0.25) is 0 Å². The molecule has 0 bridgehead atoms. The molecule has 0 unspecified atom stereocenters. The van der Waals surface area contributed by atoms with Crippen molar-refractivity contribution >= 4 is 27.7 Å². The molecule has 202 valence electrons. The summed E-state index contributed by atoms with van der Waals surface area (Å²) in [6.45, 7) is 1.68. The van der Waals surface area contributed by atoms with Crippen LogP contribution in [0.4, 0.5) is 13.2 Å². The lowest BCUT2D eigenvalue weighted by Gasteiger charge is -2.28. The number of ketones is 1. The van der Waals surface area contributed by atoms with Gasteiger partial charge in [0.05, 0.1) is 27.5 Å². The van der Waals surface area contributed by atoms with E-state index in [1.54, 1.807) is 6.20 Å². The largest absolute Gasteiger partial charge is 0.416 e. The van der Waals surface area contributed by atoms with E-state index in [0.717, 1.165) is 59.1 Å². The zero-order valence-corrected chi connectivity index (χ0v) is 21.6. The third kappa shape index (κ3) is 4.34. The summed E-state index contributed by atoms with van der Waals surface area (Å²) in [6.07, 6.45) is 1.35. The van der Waals surface area contributed by atoms with E-state index in [0.29, 0.717) is 30.9 Å². The van der Waals surface area contributed by atoms with Gasteiger partial charge < -0.3 is 9.88 Å². The first-order valence-electron chi connectivity index (χ1n) is 13.4.